The van der Waals surface area contributed by atoms with Crippen molar-refractivity contribution < 1.29 is 9.59 Å². The fourth-order valence-corrected chi connectivity index (χ4v) is 2.65. The Labute approximate surface area is 134 Å². The Morgan fingerprint density at radius 1 is 1.29 bits per heavy atom. The highest BCUT2D eigenvalue weighted by molar-refractivity contribution is 6.44. The van der Waals surface area contributed by atoms with Crippen molar-refractivity contribution in [1.82, 2.24) is 4.90 Å². The number of carbonyl (C=O) groups is 2. The highest BCUT2D eigenvalue weighted by Crippen LogP contribution is 2.29. The number of nitrogens with zero attached hydrogens (tertiary/aromatic N) is 1. The lowest BCUT2D eigenvalue weighted by Crippen LogP contribution is -2.39. The van der Waals surface area contributed by atoms with Gasteiger partial charge in [-0.1, -0.05) is 36.2 Å². The van der Waals surface area contributed by atoms with Crippen LogP contribution in [-0.2, 0) is 9.59 Å². The number of carbonyl (C=O) groups excluding carboxylic acids is 2. The summed E-state index contributed by atoms with van der Waals surface area (Å²) in [5.74, 6) is 0.133. The van der Waals surface area contributed by atoms with Crippen molar-refractivity contribution >= 4 is 40.7 Å². The van der Waals surface area contributed by atoms with E-state index in [-0.39, 0.29) is 23.3 Å². The topological polar surface area (TPSA) is 49.4 Å². The van der Waals surface area contributed by atoms with Gasteiger partial charge in [-0.3, -0.25) is 9.59 Å². The number of halogens is 2. The van der Waals surface area contributed by atoms with Crippen LogP contribution in [0.15, 0.2) is 18.2 Å². The van der Waals surface area contributed by atoms with E-state index in [9.17, 15) is 9.59 Å². The van der Waals surface area contributed by atoms with Gasteiger partial charge < -0.3 is 10.2 Å². The number of likely N-dealkylation sites (tertiary alicyclic amines) is 1. The second kappa shape index (κ2) is 7.14. The van der Waals surface area contributed by atoms with E-state index in [2.05, 4.69) is 12.2 Å². The summed E-state index contributed by atoms with van der Waals surface area (Å²) < 4.78 is 0. The maximum atomic E-state index is 12.1. The van der Waals surface area contributed by atoms with Crippen molar-refractivity contribution in [2.45, 2.75) is 26.2 Å². The Morgan fingerprint density at radius 3 is 2.62 bits per heavy atom. The zero-order valence-electron chi connectivity index (χ0n) is 11.9. The molecule has 1 N–H and O–H groups in total. The molecule has 1 saturated heterocycles. The molecule has 114 valence electrons. The van der Waals surface area contributed by atoms with Crippen LogP contribution in [0.4, 0.5) is 5.69 Å². The highest BCUT2D eigenvalue weighted by Gasteiger charge is 2.22. The Balaban J connectivity index is 1.89. The smallest absolute Gasteiger partial charge is 0.233 e. The Morgan fingerprint density at radius 2 is 1.95 bits per heavy atom. The summed E-state index contributed by atoms with van der Waals surface area (Å²) >= 11 is 11.9. The van der Waals surface area contributed by atoms with E-state index in [0.717, 1.165) is 25.9 Å². The van der Waals surface area contributed by atoms with Gasteiger partial charge in [0, 0.05) is 13.1 Å². The fourth-order valence-electron chi connectivity index (χ4n) is 2.30. The van der Waals surface area contributed by atoms with Crippen molar-refractivity contribution in [2.24, 2.45) is 5.92 Å². The maximum absolute atomic E-state index is 12.1. The third kappa shape index (κ3) is 4.35. The molecule has 4 nitrogen and oxygen atoms in total. The van der Waals surface area contributed by atoms with Crippen LogP contribution < -0.4 is 5.32 Å². The van der Waals surface area contributed by atoms with Crippen molar-refractivity contribution in [3.05, 3.63) is 28.2 Å². The molecule has 1 heterocycles. The van der Waals surface area contributed by atoms with Crippen molar-refractivity contribution in [2.75, 3.05) is 18.4 Å². The number of benzene rings is 1. The molecule has 2 rings (SSSR count). The first kappa shape index (κ1) is 16.1. The second-order valence-electron chi connectivity index (χ2n) is 5.39. The molecular weight excluding hydrogens is 311 g/mol. The van der Waals surface area contributed by atoms with E-state index in [1.54, 1.807) is 23.1 Å². The summed E-state index contributed by atoms with van der Waals surface area (Å²) in [6.45, 7) is 3.63. The summed E-state index contributed by atoms with van der Waals surface area (Å²) in [5, 5.41) is 3.28. The van der Waals surface area contributed by atoms with Gasteiger partial charge in [-0.05, 0) is 30.9 Å². The standard InChI is InChI=1S/C15H18Cl2N2O2/c1-10-5-7-19(8-6-10)14(21)9-13(20)18-12-4-2-3-11(16)15(12)17/h2-4,10H,5-9H2,1H3,(H,18,20). The predicted molar refractivity (Wildman–Crippen MR) is 84.7 cm³/mol. The number of piperidine rings is 1. The molecule has 0 radical (unpaired) electrons. The molecule has 0 bridgehead atoms. The molecule has 1 fully saturated rings. The molecule has 1 aliphatic heterocycles. The minimum absolute atomic E-state index is 0.141. The van der Waals surface area contributed by atoms with Crippen LogP contribution in [0.2, 0.25) is 10.0 Å². The van der Waals surface area contributed by atoms with Crippen molar-refractivity contribution in [3.8, 4) is 0 Å². The van der Waals surface area contributed by atoms with Gasteiger partial charge in [0.2, 0.25) is 11.8 Å². The van der Waals surface area contributed by atoms with E-state index in [1.165, 1.54) is 0 Å². The largest absolute Gasteiger partial charge is 0.342 e. The van der Waals surface area contributed by atoms with Gasteiger partial charge in [0.25, 0.3) is 0 Å². The fraction of sp³-hybridized carbons (Fsp3) is 0.467. The number of hydrogen-bond acceptors (Lipinski definition) is 2. The van der Waals surface area contributed by atoms with E-state index in [4.69, 9.17) is 23.2 Å². The minimum atomic E-state index is -0.372. The van der Waals surface area contributed by atoms with Gasteiger partial charge in [0.15, 0.2) is 0 Å². The Hall–Kier alpha value is -1.26. The lowest BCUT2D eigenvalue weighted by Gasteiger charge is -2.30. The normalized spacial score (nSPS) is 15.9. The Kier molecular flexibility index (Phi) is 5.48. The van der Waals surface area contributed by atoms with Gasteiger partial charge >= 0.3 is 0 Å². The molecule has 1 aromatic rings. The molecule has 0 aromatic heterocycles. The zero-order valence-corrected chi connectivity index (χ0v) is 13.4. The van der Waals surface area contributed by atoms with E-state index < -0.39 is 0 Å². The van der Waals surface area contributed by atoms with Gasteiger partial charge in [0.1, 0.15) is 6.42 Å². The summed E-state index contributed by atoms with van der Waals surface area (Å²) in [5.41, 5.74) is 0.425. The van der Waals surface area contributed by atoms with Crippen LogP contribution in [0.1, 0.15) is 26.2 Å². The summed E-state index contributed by atoms with van der Waals surface area (Å²) in [4.78, 5) is 25.7. The van der Waals surface area contributed by atoms with Crippen molar-refractivity contribution in [1.29, 1.82) is 0 Å². The monoisotopic (exact) mass is 328 g/mol. The average Bonchev–Trinajstić information content (AvgIpc) is 2.44. The number of rotatable bonds is 3. The van der Waals surface area contributed by atoms with Crippen molar-refractivity contribution in [3.63, 3.8) is 0 Å². The molecule has 2 amide bonds. The maximum Gasteiger partial charge on any atom is 0.233 e. The average molecular weight is 329 g/mol. The molecule has 1 aliphatic rings. The molecule has 0 aliphatic carbocycles. The quantitative estimate of drug-likeness (QED) is 0.862. The zero-order chi connectivity index (χ0) is 15.4. The van der Waals surface area contributed by atoms with Gasteiger partial charge in [-0.2, -0.15) is 0 Å². The van der Waals surface area contributed by atoms with E-state index in [1.807, 2.05) is 0 Å². The van der Waals surface area contributed by atoms with E-state index in [0.29, 0.717) is 16.6 Å². The summed E-state index contributed by atoms with van der Waals surface area (Å²) in [7, 11) is 0. The van der Waals surface area contributed by atoms with Crippen LogP contribution >= 0.6 is 23.2 Å². The number of anilines is 1. The van der Waals surface area contributed by atoms with Crippen LogP contribution in [0.5, 0.6) is 0 Å². The molecule has 0 atom stereocenters. The highest BCUT2D eigenvalue weighted by atomic mass is 35.5. The second-order valence-corrected chi connectivity index (χ2v) is 6.17. The SMILES string of the molecule is CC1CCN(C(=O)CC(=O)Nc2cccc(Cl)c2Cl)CC1. The molecule has 6 heteroatoms. The first-order valence-electron chi connectivity index (χ1n) is 6.99. The van der Waals surface area contributed by atoms with Crippen LogP contribution in [0, 0.1) is 5.92 Å². The van der Waals surface area contributed by atoms with Gasteiger partial charge in [0.05, 0.1) is 15.7 Å². The van der Waals surface area contributed by atoms with Crippen LogP contribution in [-0.4, -0.2) is 29.8 Å². The Bertz CT molecular complexity index is 540. The van der Waals surface area contributed by atoms with Gasteiger partial charge in [-0.25, -0.2) is 0 Å². The summed E-state index contributed by atoms with van der Waals surface area (Å²) in [6, 6.07) is 4.98. The lowest BCUT2D eigenvalue weighted by atomic mass is 9.99. The molecule has 0 saturated carbocycles. The minimum Gasteiger partial charge on any atom is -0.342 e. The predicted octanol–water partition coefficient (Wildman–Crippen LogP) is 3.58. The third-order valence-corrected chi connectivity index (χ3v) is 4.49. The van der Waals surface area contributed by atoms with Crippen LogP contribution in [0.25, 0.3) is 0 Å². The molecule has 0 spiro atoms. The number of nitrogens with one attached hydrogen (secondary N) is 1. The van der Waals surface area contributed by atoms with E-state index >= 15 is 0 Å². The molecular formula is C15H18Cl2N2O2. The molecule has 21 heavy (non-hydrogen) atoms. The summed E-state index contributed by atoms with van der Waals surface area (Å²) in [6.07, 6.45) is 1.82. The number of hydrogen-bond donors (Lipinski definition) is 1. The van der Waals surface area contributed by atoms with Crippen LogP contribution in [0.3, 0.4) is 0 Å². The molecule has 0 unspecified atom stereocenters. The molecule has 1 aromatic carbocycles. The lowest BCUT2D eigenvalue weighted by molar-refractivity contribution is -0.135. The first-order chi connectivity index (χ1) is 9.97. The third-order valence-electron chi connectivity index (χ3n) is 3.67. The van der Waals surface area contributed by atoms with Gasteiger partial charge in [-0.15, -0.1) is 0 Å². The number of amides is 2. The first-order valence-corrected chi connectivity index (χ1v) is 7.74.